The van der Waals surface area contributed by atoms with E-state index in [0.717, 1.165) is 31.2 Å². The number of carbonyl (C=O) groups is 3. The molecule has 3 amide bonds. The highest BCUT2D eigenvalue weighted by atomic mass is 16.2. The number of carbonyl (C=O) groups excluding carboxylic acids is 3. The molecule has 1 fully saturated rings. The SMILES string of the molecule is Cc1ccc(NC(=O)CNC(=O)CN(CC(C)C)C(=O)C2CCCCC2)cc1. The summed E-state index contributed by atoms with van der Waals surface area (Å²) in [5.74, 6) is -0.196. The summed E-state index contributed by atoms with van der Waals surface area (Å²) in [4.78, 5) is 38.9. The van der Waals surface area contributed by atoms with Crippen LogP contribution in [0.25, 0.3) is 0 Å². The molecule has 0 aromatic heterocycles. The van der Waals surface area contributed by atoms with Crippen LogP contribution in [-0.2, 0) is 14.4 Å². The van der Waals surface area contributed by atoms with Gasteiger partial charge in [0.25, 0.3) is 0 Å². The first kappa shape index (κ1) is 21.9. The molecule has 0 bridgehead atoms. The topological polar surface area (TPSA) is 78.5 Å². The zero-order valence-corrected chi connectivity index (χ0v) is 17.3. The van der Waals surface area contributed by atoms with Crippen molar-refractivity contribution in [3.05, 3.63) is 29.8 Å². The van der Waals surface area contributed by atoms with Gasteiger partial charge in [-0.3, -0.25) is 14.4 Å². The molecule has 28 heavy (non-hydrogen) atoms. The lowest BCUT2D eigenvalue weighted by atomic mass is 9.88. The Labute approximate surface area is 168 Å². The first-order valence-electron chi connectivity index (χ1n) is 10.3. The molecule has 0 saturated heterocycles. The summed E-state index contributed by atoms with van der Waals surface area (Å²) in [6.07, 6.45) is 5.17. The van der Waals surface area contributed by atoms with Crippen molar-refractivity contribution in [2.24, 2.45) is 11.8 Å². The highest BCUT2D eigenvalue weighted by molar-refractivity contribution is 5.95. The van der Waals surface area contributed by atoms with E-state index in [-0.39, 0.29) is 42.6 Å². The molecule has 0 spiro atoms. The van der Waals surface area contributed by atoms with Crippen LogP contribution in [-0.4, -0.2) is 42.3 Å². The number of aryl methyl sites for hydroxylation is 1. The van der Waals surface area contributed by atoms with Crippen LogP contribution in [0.5, 0.6) is 0 Å². The van der Waals surface area contributed by atoms with Crippen LogP contribution in [0, 0.1) is 18.8 Å². The second-order valence-electron chi connectivity index (χ2n) is 8.14. The largest absolute Gasteiger partial charge is 0.345 e. The maximum atomic E-state index is 12.8. The van der Waals surface area contributed by atoms with Gasteiger partial charge < -0.3 is 15.5 Å². The van der Waals surface area contributed by atoms with Gasteiger partial charge in [-0.2, -0.15) is 0 Å². The van der Waals surface area contributed by atoms with Gasteiger partial charge in [0.05, 0.1) is 13.1 Å². The lowest BCUT2D eigenvalue weighted by Gasteiger charge is -2.30. The van der Waals surface area contributed by atoms with Crippen molar-refractivity contribution in [2.45, 2.75) is 52.9 Å². The monoisotopic (exact) mass is 387 g/mol. The predicted octanol–water partition coefficient (Wildman–Crippen LogP) is 3.11. The number of anilines is 1. The Morgan fingerprint density at radius 2 is 1.68 bits per heavy atom. The minimum Gasteiger partial charge on any atom is -0.345 e. The second kappa shape index (κ2) is 10.8. The summed E-state index contributed by atoms with van der Waals surface area (Å²) in [7, 11) is 0. The quantitative estimate of drug-likeness (QED) is 0.719. The molecule has 1 saturated carbocycles. The van der Waals surface area contributed by atoms with Crippen molar-refractivity contribution in [2.75, 3.05) is 25.0 Å². The van der Waals surface area contributed by atoms with Crippen LogP contribution in [0.3, 0.4) is 0 Å². The van der Waals surface area contributed by atoms with Crippen molar-refractivity contribution >= 4 is 23.4 Å². The van der Waals surface area contributed by atoms with Gasteiger partial charge in [0.2, 0.25) is 17.7 Å². The molecule has 1 aromatic rings. The fraction of sp³-hybridized carbons (Fsp3) is 0.591. The molecular weight excluding hydrogens is 354 g/mol. The third-order valence-corrected chi connectivity index (χ3v) is 4.97. The standard InChI is InChI=1S/C22H33N3O3/c1-16(2)14-25(22(28)18-7-5-4-6-8-18)15-21(27)23-13-20(26)24-19-11-9-17(3)10-12-19/h9-12,16,18H,4-8,13-15H2,1-3H3,(H,23,27)(H,24,26). The normalized spacial score (nSPS) is 14.6. The minimum atomic E-state index is -0.302. The summed E-state index contributed by atoms with van der Waals surface area (Å²) in [6.45, 7) is 6.50. The zero-order chi connectivity index (χ0) is 20.5. The Kier molecular flexibility index (Phi) is 8.48. The molecule has 0 heterocycles. The molecule has 0 radical (unpaired) electrons. The lowest BCUT2D eigenvalue weighted by molar-refractivity contribution is -0.140. The van der Waals surface area contributed by atoms with E-state index < -0.39 is 0 Å². The third-order valence-electron chi connectivity index (χ3n) is 4.97. The average Bonchev–Trinajstić information content (AvgIpc) is 2.67. The van der Waals surface area contributed by atoms with Crippen LogP contribution in [0.4, 0.5) is 5.69 Å². The molecule has 2 rings (SSSR count). The molecule has 2 N–H and O–H groups in total. The zero-order valence-electron chi connectivity index (χ0n) is 17.3. The van der Waals surface area contributed by atoms with Crippen LogP contribution >= 0.6 is 0 Å². The van der Waals surface area contributed by atoms with Gasteiger partial charge in [-0.15, -0.1) is 0 Å². The molecule has 0 atom stereocenters. The van der Waals surface area contributed by atoms with E-state index in [1.165, 1.54) is 6.42 Å². The van der Waals surface area contributed by atoms with E-state index in [0.29, 0.717) is 12.2 Å². The van der Waals surface area contributed by atoms with Gasteiger partial charge in [-0.25, -0.2) is 0 Å². The Bertz CT molecular complexity index is 664. The molecule has 1 aromatic carbocycles. The van der Waals surface area contributed by atoms with Crippen LogP contribution in [0.2, 0.25) is 0 Å². The van der Waals surface area contributed by atoms with Gasteiger partial charge >= 0.3 is 0 Å². The first-order valence-corrected chi connectivity index (χ1v) is 10.3. The van der Waals surface area contributed by atoms with Crippen molar-refractivity contribution in [3.63, 3.8) is 0 Å². The van der Waals surface area contributed by atoms with Gasteiger partial charge in [0.1, 0.15) is 0 Å². The van der Waals surface area contributed by atoms with Gasteiger partial charge in [0, 0.05) is 18.2 Å². The maximum absolute atomic E-state index is 12.8. The molecular formula is C22H33N3O3. The molecule has 6 nitrogen and oxygen atoms in total. The maximum Gasteiger partial charge on any atom is 0.243 e. The van der Waals surface area contributed by atoms with Crippen molar-refractivity contribution in [1.29, 1.82) is 0 Å². The lowest BCUT2D eigenvalue weighted by Crippen LogP contribution is -2.46. The van der Waals surface area contributed by atoms with Crippen LogP contribution < -0.4 is 10.6 Å². The van der Waals surface area contributed by atoms with Crippen molar-refractivity contribution < 1.29 is 14.4 Å². The van der Waals surface area contributed by atoms with E-state index in [1.54, 1.807) is 4.90 Å². The van der Waals surface area contributed by atoms with Gasteiger partial charge in [-0.05, 0) is 37.8 Å². The summed E-state index contributed by atoms with van der Waals surface area (Å²) < 4.78 is 0. The van der Waals surface area contributed by atoms with Crippen molar-refractivity contribution in [3.8, 4) is 0 Å². The molecule has 1 aliphatic rings. The third kappa shape index (κ3) is 7.33. The Morgan fingerprint density at radius 3 is 2.29 bits per heavy atom. The number of hydrogen-bond donors (Lipinski definition) is 2. The predicted molar refractivity (Wildman–Crippen MR) is 111 cm³/mol. The van der Waals surface area contributed by atoms with Gasteiger partial charge in [-0.1, -0.05) is 50.8 Å². The highest BCUT2D eigenvalue weighted by Gasteiger charge is 2.27. The Balaban J connectivity index is 1.83. The molecule has 6 heteroatoms. The van der Waals surface area contributed by atoms with Gasteiger partial charge in [0.15, 0.2) is 0 Å². The van der Waals surface area contributed by atoms with E-state index >= 15 is 0 Å². The summed E-state index contributed by atoms with van der Waals surface area (Å²) in [5, 5.41) is 5.38. The number of amides is 3. The van der Waals surface area contributed by atoms with E-state index in [4.69, 9.17) is 0 Å². The summed E-state index contributed by atoms with van der Waals surface area (Å²) in [5.41, 5.74) is 1.80. The summed E-state index contributed by atoms with van der Waals surface area (Å²) >= 11 is 0. The first-order chi connectivity index (χ1) is 13.3. The number of rotatable bonds is 8. The Morgan fingerprint density at radius 1 is 1.04 bits per heavy atom. The Hall–Kier alpha value is -2.37. The van der Waals surface area contributed by atoms with Crippen LogP contribution in [0.15, 0.2) is 24.3 Å². The fourth-order valence-electron chi connectivity index (χ4n) is 3.53. The molecule has 154 valence electrons. The smallest absolute Gasteiger partial charge is 0.243 e. The number of nitrogens with zero attached hydrogens (tertiary/aromatic N) is 1. The number of nitrogens with one attached hydrogen (secondary N) is 2. The minimum absolute atomic E-state index is 0.00528. The second-order valence-corrected chi connectivity index (χ2v) is 8.14. The molecule has 0 aliphatic heterocycles. The van der Waals surface area contributed by atoms with Crippen LogP contribution in [0.1, 0.15) is 51.5 Å². The molecule has 1 aliphatic carbocycles. The number of hydrogen-bond acceptors (Lipinski definition) is 3. The highest BCUT2D eigenvalue weighted by Crippen LogP contribution is 2.25. The fourth-order valence-corrected chi connectivity index (χ4v) is 3.53. The number of benzene rings is 1. The average molecular weight is 388 g/mol. The summed E-state index contributed by atoms with van der Waals surface area (Å²) in [6, 6.07) is 7.47. The van der Waals surface area contributed by atoms with E-state index in [1.807, 2.05) is 45.0 Å². The van der Waals surface area contributed by atoms with Crippen molar-refractivity contribution in [1.82, 2.24) is 10.2 Å². The van der Waals surface area contributed by atoms with E-state index in [2.05, 4.69) is 10.6 Å². The molecule has 0 unspecified atom stereocenters. The van der Waals surface area contributed by atoms with E-state index in [9.17, 15) is 14.4 Å².